The van der Waals surface area contributed by atoms with Gasteiger partial charge in [-0.25, -0.2) is 4.79 Å². The molecule has 1 aliphatic carbocycles. The second-order valence-corrected chi connectivity index (χ2v) is 4.28. The Morgan fingerprint density at radius 1 is 1.33 bits per heavy atom. The van der Waals surface area contributed by atoms with E-state index in [1.54, 1.807) is 7.11 Å². The Labute approximate surface area is 89.9 Å². The van der Waals surface area contributed by atoms with Crippen LogP contribution >= 0.6 is 0 Å². The van der Waals surface area contributed by atoms with Gasteiger partial charge in [0.2, 0.25) is 0 Å². The van der Waals surface area contributed by atoms with Crippen LogP contribution in [0.2, 0.25) is 0 Å². The minimum Gasteiger partial charge on any atom is -0.378 e. The molecule has 1 heterocycles. The molecule has 15 heavy (non-hydrogen) atoms. The van der Waals surface area contributed by atoms with Gasteiger partial charge in [0.05, 0.1) is 12.1 Å². The summed E-state index contributed by atoms with van der Waals surface area (Å²) in [6, 6.07) is 0.422. The summed E-state index contributed by atoms with van der Waals surface area (Å²) >= 11 is 0. The number of ether oxygens (including phenoxy) is 1. The van der Waals surface area contributed by atoms with Gasteiger partial charge in [-0.2, -0.15) is 0 Å². The first-order valence-corrected chi connectivity index (χ1v) is 5.60. The molecule has 1 saturated heterocycles. The lowest BCUT2D eigenvalue weighted by atomic mass is 9.93. The van der Waals surface area contributed by atoms with Gasteiger partial charge < -0.3 is 20.7 Å². The predicted octanol–water partition coefficient (Wildman–Crippen LogP) is -0.175. The monoisotopic (exact) mass is 213 g/mol. The van der Waals surface area contributed by atoms with Crippen molar-refractivity contribution in [1.29, 1.82) is 0 Å². The number of hydrogen-bond donors (Lipinski definition) is 3. The summed E-state index contributed by atoms with van der Waals surface area (Å²) in [5.74, 6) is 0. The highest BCUT2D eigenvalue weighted by atomic mass is 16.5. The minimum absolute atomic E-state index is 0.0598. The van der Waals surface area contributed by atoms with Crippen molar-refractivity contribution in [3.05, 3.63) is 0 Å². The van der Waals surface area contributed by atoms with Gasteiger partial charge in [-0.15, -0.1) is 0 Å². The van der Waals surface area contributed by atoms with E-state index in [9.17, 15) is 4.79 Å². The van der Waals surface area contributed by atoms with Crippen LogP contribution in [0.1, 0.15) is 19.3 Å². The molecule has 0 aromatic rings. The zero-order valence-corrected chi connectivity index (χ0v) is 9.08. The predicted molar refractivity (Wildman–Crippen MR) is 56.8 cm³/mol. The molecule has 2 rings (SSSR count). The molecule has 1 unspecified atom stereocenters. The maximum Gasteiger partial charge on any atom is 0.315 e. The molecule has 2 atom stereocenters. The third-order valence-electron chi connectivity index (χ3n) is 3.22. The fourth-order valence-electron chi connectivity index (χ4n) is 1.99. The number of methoxy groups -OCH3 is 1. The average Bonchev–Trinajstić information content (AvgIpc) is 2.59. The molecule has 86 valence electrons. The summed E-state index contributed by atoms with van der Waals surface area (Å²) in [7, 11) is 1.68. The van der Waals surface area contributed by atoms with Gasteiger partial charge in [-0.05, 0) is 19.3 Å². The SMILES string of the molecule is CO[C@H]1CNCC1NC(=O)NC1CCC1. The van der Waals surface area contributed by atoms with Gasteiger partial charge in [0.15, 0.2) is 0 Å². The molecule has 0 aromatic carbocycles. The molecule has 0 spiro atoms. The van der Waals surface area contributed by atoms with Crippen LogP contribution in [0.25, 0.3) is 0 Å². The van der Waals surface area contributed by atoms with E-state index in [-0.39, 0.29) is 18.2 Å². The van der Waals surface area contributed by atoms with E-state index in [4.69, 9.17) is 4.74 Å². The van der Waals surface area contributed by atoms with E-state index in [0.29, 0.717) is 6.04 Å². The van der Waals surface area contributed by atoms with Crippen molar-refractivity contribution < 1.29 is 9.53 Å². The van der Waals surface area contributed by atoms with Gasteiger partial charge in [0, 0.05) is 26.2 Å². The van der Waals surface area contributed by atoms with E-state index in [0.717, 1.165) is 25.9 Å². The van der Waals surface area contributed by atoms with E-state index in [1.807, 2.05) is 0 Å². The average molecular weight is 213 g/mol. The van der Waals surface area contributed by atoms with Crippen molar-refractivity contribution in [3.63, 3.8) is 0 Å². The summed E-state index contributed by atoms with van der Waals surface area (Å²) in [5.41, 5.74) is 0. The van der Waals surface area contributed by atoms with E-state index in [2.05, 4.69) is 16.0 Å². The fraction of sp³-hybridized carbons (Fsp3) is 0.900. The molecule has 0 bridgehead atoms. The molecule has 2 aliphatic rings. The third-order valence-corrected chi connectivity index (χ3v) is 3.22. The summed E-state index contributed by atoms with van der Waals surface area (Å²) in [5, 5.41) is 9.09. The Morgan fingerprint density at radius 3 is 2.73 bits per heavy atom. The Bertz CT molecular complexity index is 231. The molecule has 5 heteroatoms. The van der Waals surface area contributed by atoms with Gasteiger partial charge in [0.25, 0.3) is 0 Å². The molecule has 3 N–H and O–H groups in total. The molecular weight excluding hydrogens is 194 g/mol. The highest BCUT2D eigenvalue weighted by molar-refractivity contribution is 5.74. The van der Waals surface area contributed by atoms with Crippen molar-refractivity contribution >= 4 is 6.03 Å². The Balaban J connectivity index is 1.72. The zero-order chi connectivity index (χ0) is 10.7. The number of nitrogens with one attached hydrogen (secondary N) is 3. The quantitative estimate of drug-likeness (QED) is 0.609. The van der Waals surface area contributed by atoms with Crippen molar-refractivity contribution in [2.75, 3.05) is 20.2 Å². The van der Waals surface area contributed by atoms with Crippen LogP contribution < -0.4 is 16.0 Å². The first-order valence-electron chi connectivity index (χ1n) is 5.60. The van der Waals surface area contributed by atoms with Crippen LogP contribution in [0.4, 0.5) is 4.79 Å². The van der Waals surface area contributed by atoms with Crippen LogP contribution in [0.15, 0.2) is 0 Å². The van der Waals surface area contributed by atoms with Crippen LogP contribution in [-0.4, -0.2) is 44.4 Å². The van der Waals surface area contributed by atoms with Gasteiger partial charge >= 0.3 is 6.03 Å². The molecular formula is C10H19N3O2. The van der Waals surface area contributed by atoms with Gasteiger partial charge in [-0.3, -0.25) is 0 Å². The zero-order valence-electron chi connectivity index (χ0n) is 9.08. The number of amides is 2. The summed E-state index contributed by atoms with van der Waals surface area (Å²) < 4.78 is 5.26. The Kier molecular flexibility index (Phi) is 3.43. The van der Waals surface area contributed by atoms with Gasteiger partial charge in [-0.1, -0.05) is 0 Å². The van der Waals surface area contributed by atoms with Crippen molar-refractivity contribution in [1.82, 2.24) is 16.0 Å². The highest BCUT2D eigenvalue weighted by Gasteiger charge is 2.29. The normalized spacial score (nSPS) is 31.0. The number of rotatable bonds is 3. The summed E-state index contributed by atoms with van der Waals surface area (Å²) in [4.78, 5) is 11.6. The first kappa shape index (κ1) is 10.7. The van der Waals surface area contributed by atoms with Crippen molar-refractivity contribution in [2.24, 2.45) is 0 Å². The van der Waals surface area contributed by atoms with Crippen LogP contribution in [0.5, 0.6) is 0 Å². The maximum absolute atomic E-state index is 11.6. The first-order chi connectivity index (χ1) is 7.29. The van der Waals surface area contributed by atoms with Gasteiger partial charge in [0.1, 0.15) is 0 Å². The van der Waals surface area contributed by atoms with E-state index >= 15 is 0 Å². The highest BCUT2D eigenvalue weighted by Crippen LogP contribution is 2.17. The summed E-state index contributed by atoms with van der Waals surface area (Å²) in [6.07, 6.45) is 3.56. The molecule has 2 fully saturated rings. The molecule has 5 nitrogen and oxygen atoms in total. The molecule has 0 aromatic heterocycles. The standard InChI is InChI=1S/C10H19N3O2/c1-15-9-6-11-5-8(9)13-10(14)12-7-3-2-4-7/h7-9,11H,2-6H2,1H3,(H2,12,13,14)/t8?,9-/m0/s1. The third kappa shape index (κ3) is 2.60. The molecule has 2 amide bonds. The smallest absolute Gasteiger partial charge is 0.315 e. The van der Waals surface area contributed by atoms with Crippen molar-refractivity contribution in [3.8, 4) is 0 Å². The topological polar surface area (TPSA) is 62.4 Å². The lowest BCUT2D eigenvalue weighted by molar-refractivity contribution is 0.0979. The number of carbonyl (C=O) groups excluding carboxylic acids is 1. The Hall–Kier alpha value is -0.810. The second kappa shape index (κ2) is 4.81. The maximum atomic E-state index is 11.6. The number of hydrogen-bond acceptors (Lipinski definition) is 3. The lowest BCUT2D eigenvalue weighted by Crippen LogP contribution is -2.51. The largest absolute Gasteiger partial charge is 0.378 e. The number of urea groups is 1. The van der Waals surface area contributed by atoms with E-state index < -0.39 is 0 Å². The van der Waals surface area contributed by atoms with Crippen LogP contribution in [0, 0.1) is 0 Å². The van der Waals surface area contributed by atoms with Crippen LogP contribution in [0.3, 0.4) is 0 Å². The molecule has 0 radical (unpaired) electrons. The fourth-order valence-corrected chi connectivity index (χ4v) is 1.99. The molecule has 1 saturated carbocycles. The van der Waals surface area contributed by atoms with Crippen molar-refractivity contribution in [2.45, 2.75) is 37.5 Å². The van der Waals surface area contributed by atoms with Crippen LogP contribution in [-0.2, 0) is 4.74 Å². The lowest BCUT2D eigenvalue weighted by Gasteiger charge is -2.28. The Morgan fingerprint density at radius 2 is 2.13 bits per heavy atom. The second-order valence-electron chi connectivity index (χ2n) is 4.28. The van der Waals surface area contributed by atoms with E-state index in [1.165, 1.54) is 6.42 Å². The summed E-state index contributed by atoms with van der Waals surface area (Å²) in [6.45, 7) is 1.60. The number of carbonyl (C=O) groups is 1. The minimum atomic E-state index is -0.0598. The molecule has 1 aliphatic heterocycles.